The second-order valence-corrected chi connectivity index (χ2v) is 5.10. The van der Waals surface area contributed by atoms with Gasteiger partial charge in [-0.25, -0.2) is 4.39 Å². The van der Waals surface area contributed by atoms with Crippen molar-refractivity contribution < 1.29 is 13.9 Å². The Morgan fingerprint density at radius 3 is 2.95 bits per heavy atom. The number of nitrogens with zero attached hydrogens (tertiary/aromatic N) is 1. The van der Waals surface area contributed by atoms with Crippen LogP contribution in [0.4, 0.5) is 4.39 Å². The zero-order valence-corrected chi connectivity index (χ0v) is 11.7. The maximum Gasteiger partial charge on any atom is 0.267 e. The number of carbonyl (C=O) groups excluding carboxylic acids is 1. The molecule has 0 saturated carbocycles. The van der Waals surface area contributed by atoms with Gasteiger partial charge in [0.15, 0.2) is 0 Å². The van der Waals surface area contributed by atoms with Crippen LogP contribution in [0.2, 0.25) is 0 Å². The molecule has 2 heterocycles. The van der Waals surface area contributed by atoms with Gasteiger partial charge in [0.05, 0.1) is 18.7 Å². The maximum atomic E-state index is 13.6. The van der Waals surface area contributed by atoms with Gasteiger partial charge in [-0.15, -0.1) is 0 Å². The number of carbonyl (C=O) groups is 1. The van der Waals surface area contributed by atoms with Gasteiger partial charge in [-0.05, 0) is 12.1 Å². The number of nitrogens with one attached hydrogen (secondary N) is 2. The van der Waals surface area contributed by atoms with E-state index < -0.39 is 0 Å². The summed E-state index contributed by atoms with van der Waals surface area (Å²) in [5, 5.41) is 3.55. The Hall–Kier alpha value is -1.92. The number of hydrogen-bond donors (Lipinski definition) is 2. The standard InChI is InChI=1S/C15H18FN3O2/c16-12-3-1-2-11-10-13(18-14(11)12)15(20)17-4-5-19-6-8-21-9-7-19/h1-3,10,18H,4-9H2,(H,17,20). The third-order valence-corrected chi connectivity index (χ3v) is 3.67. The lowest BCUT2D eigenvalue weighted by Crippen LogP contribution is -2.41. The number of para-hydroxylation sites is 1. The van der Waals surface area contributed by atoms with E-state index in [2.05, 4.69) is 15.2 Å². The molecule has 0 spiro atoms. The lowest BCUT2D eigenvalue weighted by molar-refractivity contribution is 0.0383. The molecule has 0 unspecified atom stereocenters. The van der Waals surface area contributed by atoms with Crippen molar-refractivity contribution in [2.75, 3.05) is 39.4 Å². The minimum Gasteiger partial charge on any atom is -0.379 e. The smallest absolute Gasteiger partial charge is 0.267 e. The van der Waals surface area contributed by atoms with Crippen molar-refractivity contribution in [1.29, 1.82) is 0 Å². The summed E-state index contributed by atoms with van der Waals surface area (Å²) in [5.74, 6) is -0.557. The molecule has 2 aromatic rings. The molecule has 5 nitrogen and oxygen atoms in total. The highest BCUT2D eigenvalue weighted by molar-refractivity contribution is 5.98. The van der Waals surface area contributed by atoms with Gasteiger partial charge >= 0.3 is 0 Å². The highest BCUT2D eigenvalue weighted by atomic mass is 19.1. The van der Waals surface area contributed by atoms with Gasteiger partial charge in [0.2, 0.25) is 0 Å². The molecule has 1 fully saturated rings. The van der Waals surface area contributed by atoms with Crippen LogP contribution in [0.3, 0.4) is 0 Å². The molecule has 0 radical (unpaired) electrons. The monoisotopic (exact) mass is 291 g/mol. The Morgan fingerprint density at radius 2 is 2.19 bits per heavy atom. The Kier molecular flexibility index (Phi) is 4.17. The molecule has 112 valence electrons. The fourth-order valence-electron chi connectivity index (χ4n) is 2.49. The van der Waals surface area contributed by atoms with Crippen LogP contribution in [-0.4, -0.2) is 55.2 Å². The SMILES string of the molecule is O=C(NCCN1CCOCC1)c1cc2cccc(F)c2[nH]1. The molecule has 1 aliphatic heterocycles. The third kappa shape index (κ3) is 3.22. The van der Waals surface area contributed by atoms with E-state index in [0.29, 0.717) is 23.1 Å². The molecule has 21 heavy (non-hydrogen) atoms. The van der Waals surface area contributed by atoms with Crippen molar-refractivity contribution in [3.05, 3.63) is 35.8 Å². The number of H-pyrrole nitrogens is 1. The molecule has 1 aromatic heterocycles. The number of halogens is 1. The average molecular weight is 291 g/mol. The fourth-order valence-corrected chi connectivity index (χ4v) is 2.49. The van der Waals surface area contributed by atoms with Crippen LogP contribution in [0.5, 0.6) is 0 Å². The lowest BCUT2D eigenvalue weighted by Gasteiger charge is -2.26. The zero-order chi connectivity index (χ0) is 14.7. The summed E-state index contributed by atoms with van der Waals surface area (Å²) in [5.41, 5.74) is 0.757. The first-order valence-corrected chi connectivity index (χ1v) is 7.09. The van der Waals surface area contributed by atoms with Crippen LogP contribution in [0, 0.1) is 5.82 Å². The van der Waals surface area contributed by atoms with Crippen molar-refractivity contribution in [3.63, 3.8) is 0 Å². The van der Waals surface area contributed by atoms with Crippen LogP contribution in [-0.2, 0) is 4.74 Å². The van der Waals surface area contributed by atoms with E-state index in [9.17, 15) is 9.18 Å². The summed E-state index contributed by atoms with van der Waals surface area (Å²) in [6.07, 6.45) is 0. The Bertz CT molecular complexity index is 635. The minimum atomic E-state index is -0.347. The van der Waals surface area contributed by atoms with Gasteiger partial charge < -0.3 is 15.0 Å². The van der Waals surface area contributed by atoms with E-state index >= 15 is 0 Å². The first-order valence-electron chi connectivity index (χ1n) is 7.09. The Balaban J connectivity index is 1.57. The van der Waals surface area contributed by atoms with Crippen molar-refractivity contribution in [2.45, 2.75) is 0 Å². The van der Waals surface area contributed by atoms with Crippen LogP contribution >= 0.6 is 0 Å². The number of hydrogen-bond acceptors (Lipinski definition) is 3. The molecular weight excluding hydrogens is 273 g/mol. The molecule has 1 aliphatic rings. The number of ether oxygens (including phenoxy) is 1. The Labute approximate surface area is 122 Å². The normalized spacial score (nSPS) is 16.2. The fraction of sp³-hybridized carbons (Fsp3) is 0.400. The van der Waals surface area contributed by atoms with Gasteiger partial charge in [0, 0.05) is 31.6 Å². The number of amides is 1. The van der Waals surface area contributed by atoms with Crippen LogP contribution < -0.4 is 5.32 Å². The van der Waals surface area contributed by atoms with E-state index in [1.54, 1.807) is 18.2 Å². The van der Waals surface area contributed by atoms with E-state index in [1.165, 1.54) is 6.07 Å². The molecule has 0 bridgehead atoms. The van der Waals surface area contributed by atoms with Crippen molar-refractivity contribution in [1.82, 2.24) is 15.2 Å². The summed E-state index contributed by atoms with van der Waals surface area (Å²) in [6.45, 7) is 4.64. The summed E-state index contributed by atoms with van der Waals surface area (Å²) in [6, 6.07) is 6.45. The second kappa shape index (κ2) is 6.24. The van der Waals surface area contributed by atoms with E-state index in [1.807, 2.05) is 0 Å². The molecule has 1 saturated heterocycles. The minimum absolute atomic E-state index is 0.209. The molecule has 6 heteroatoms. The number of fused-ring (bicyclic) bond motifs is 1. The first-order chi connectivity index (χ1) is 10.2. The van der Waals surface area contributed by atoms with Crippen LogP contribution in [0.15, 0.2) is 24.3 Å². The summed E-state index contributed by atoms with van der Waals surface area (Å²) in [7, 11) is 0. The van der Waals surface area contributed by atoms with Gasteiger partial charge in [0.1, 0.15) is 11.5 Å². The first kappa shape index (κ1) is 14.0. The topological polar surface area (TPSA) is 57.4 Å². The molecule has 1 aromatic carbocycles. The van der Waals surface area contributed by atoms with Gasteiger partial charge in [0.25, 0.3) is 5.91 Å². The van der Waals surface area contributed by atoms with Gasteiger partial charge in [-0.2, -0.15) is 0 Å². The molecule has 3 rings (SSSR count). The van der Waals surface area contributed by atoms with Crippen molar-refractivity contribution in [3.8, 4) is 0 Å². The average Bonchev–Trinajstić information content (AvgIpc) is 2.94. The quantitative estimate of drug-likeness (QED) is 0.894. The van der Waals surface area contributed by atoms with Gasteiger partial charge in [-0.3, -0.25) is 9.69 Å². The molecule has 2 N–H and O–H groups in total. The third-order valence-electron chi connectivity index (χ3n) is 3.67. The van der Waals surface area contributed by atoms with E-state index in [0.717, 1.165) is 32.8 Å². The number of rotatable bonds is 4. The highest BCUT2D eigenvalue weighted by Crippen LogP contribution is 2.18. The maximum absolute atomic E-state index is 13.6. The number of aromatic amines is 1. The van der Waals surface area contributed by atoms with Gasteiger partial charge in [-0.1, -0.05) is 12.1 Å². The number of aromatic nitrogens is 1. The largest absolute Gasteiger partial charge is 0.379 e. The second-order valence-electron chi connectivity index (χ2n) is 5.10. The summed E-state index contributed by atoms with van der Waals surface area (Å²) < 4.78 is 18.8. The van der Waals surface area contributed by atoms with E-state index in [-0.39, 0.29) is 11.7 Å². The molecule has 0 aliphatic carbocycles. The predicted octanol–water partition coefficient (Wildman–Crippen LogP) is 1.37. The van der Waals surface area contributed by atoms with Crippen molar-refractivity contribution >= 4 is 16.8 Å². The molecule has 0 atom stereocenters. The van der Waals surface area contributed by atoms with Crippen LogP contribution in [0.25, 0.3) is 10.9 Å². The van der Waals surface area contributed by atoms with E-state index in [4.69, 9.17) is 4.74 Å². The number of benzene rings is 1. The lowest BCUT2D eigenvalue weighted by atomic mass is 10.2. The molecule has 1 amide bonds. The summed E-state index contributed by atoms with van der Waals surface area (Å²) in [4.78, 5) is 17.1. The summed E-state index contributed by atoms with van der Waals surface area (Å²) >= 11 is 0. The predicted molar refractivity (Wildman–Crippen MR) is 77.8 cm³/mol. The zero-order valence-electron chi connectivity index (χ0n) is 11.7. The van der Waals surface area contributed by atoms with Crippen LogP contribution in [0.1, 0.15) is 10.5 Å². The molecular formula is C15H18FN3O2. The highest BCUT2D eigenvalue weighted by Gasteiger charge is 2.13. The van der Waals surface area contributed by atoms with Crippen molar-refractivity contribution in [2.24, 2.45) is 0 Å². The Morgan fingerprint density at radius 1 is 1.38 bits per heavy atom. The number of morpholine rings is 1.